The van der Waals surface area contributed by atoms with Crippen LogP contribution in [0.15, 0.2) is 67.0 Å². The molecule has 0 aliphatic heterocycles. The standard InChI is InChI=1S/C22H21N3O2/c1-15-5-10-20(12-16(15)2)25-22(27)19-8-6-18(7-9-19)21(26)24-14-17-4-3-11-23-13-17/h3-13H,14H2,1-2H3,(H,24,26)(H,25,27). The molecule has 0 fully saturated rings. The highest BCUT2D eigenvalue weighted by Crippen LogP contribution is 2.15. The van der Waals surface area contributed by atoms with E-state index in [9.17, 15) is 9.59 Å². The average Bonchev–Trinajstić information content (AvgIpc) is 2.70. The van der Waals surface area contributed by atoms with Gasteiger partial charge in [0.05, 0.1) is 0 Å². The van der Waals surface area contributed by atoms with Crippen LogP contribution >= 0.6 is 0 Å². The quantitative estimate of drug-likeness (QED) is 0.726. The van der Waals surface area contributed by atoms with Crippen molar-refractivity contribution in [3.63, 3.8) is 0 Å². The molecule has 136 valence electrons. The van der Waals surface area contributed by atoms with Gasteiger partial charge in [-0.1, -0.05) is 12.1 Å². The summed E-state index contributed by atoms with van der Waals surface area (Å²) < 4.78 is 0. The van der Waals surface area contributed by atoms with Crippen molar-refractivity contribution in [2.24, 2.45) is 0 Å². The highest BCUT2D eigenvalue weighted by atomic mass is 16.2. The molecule has 27 heavy (non-hydrogen) atoms. The van der Waals surface area contributed by atoms with E-state index in [-0.39, 0.29) is 11.8 Å². The summed E-state index contributed by atoms with van der Waals surface area (Å²) >= 11 is 0. The van der Waals surface area contributed by atoms with Gasteiger partial charge in [-0.25, -0.2) is 0 Å². The monoisotopic (exact) mass is 359 g/mol. The number of nitrogens with zero attached hydrogens (tertiary/aromatic N) is 1. The molecule has 0 radical (unpaired) electrons. The van der Waals surface area contributed by atoms with Crippen LogP contribution in [0.4, 0.5) is 5.69 Å². The van der Waals surface area contributed by atoms with Gasteiger partial charge in [-0.15, -0.1) is 0 Å². The number of rotatable bonds is 5. The fourth-order valence-electron chi connectivity index (χ4n) is 2.58. The first-order valence-electron chi connectivity index (χ1n) is 8.69. The third-order valence-corrected chi connectivity index (χ3v) is 4.35. The zero-order valence-electron chi connectivity index (χ0n) is 15.3. The number of amides is 2. The molecule has 2 amide bonds. The minimum atomic E-state index is -0.208. The molecule has 0 bridgehead atoms. The number of benzene rings is 2. The van der Waals surface area contributed by atoms with Gasteiger partial charge in [0.1, 0.15) is 0 Å². The normalized spacial score (nSPS) is 10.3. The molecule has 0 unspecified atom stereocenters. The second-order valence-electron chi connectivity index (χ2n) is 6.37. The molecule has 5 heteroatoms. The number of carbonyl (C=O) groups is 2. The maximum absolute atomic E-state index is 12.4. The van der Waals surface area contributed by atoms with Crippen LogP contribution in [-0.4, -0.2) is 16.8 Å². The van der Waals surface area contributed by atoms with Gasteiger partial charge in [-0.2, -0.15) is 0 Å². The Morgan fingerprint density at radius 1 is 0.889 bits per heavy atom. The summed E-state index contributed by atoms with van der Waals surface area (Å²) in [5.41, 5.74) is 4.97. The predicted molar refractivity (Wildman–Crippen MR) is 106 cm³/mol. The van der Waals surface area contributed by atoms with Crippen LogP contribution in [0.3, 0.4) is 0 Å². The molecule has 2 aromatic carbocycles. The van der Waals surface area contributed by atoms with Gasteiger partial charge in [0.2, 0.25) is 0 Å². The van der Waals surface area contributed by atoms with Crippen molar-refractivity contribution in [1.29, 1.82) is 0 Å². The molecule has 3 rings (SSSR count). The summed E-state index contributed by atoms with van der Waals surface area (Å²) in [6.45, 7) is 4.44. The van der Waals surface area contributed by atoms with E-state index in [1.165, 1.54) is 5.56 Å². The van der Waals surface area contributed by atoms with E-state index >= 15 is 0 Å². The number of pyridine rings is 1. The lowest BCUT2D eigenvalue weighted by molar-refractivity contribution is 0.0949. The minimum absolute atomic E-state index is 0.194. The van der Waals surface area contributed by atoms with Gasteiger partial charge < -0.3 is 10.6 Å². The maximum Gasteiger partial charge on any atom is 0.255 e. The number of hydrogen-bond acceptors (Lipinski definition) is 3. The summed E-state index contributed by atoms with van der Waals surface area (Å²) in [7, 11) is 0. The molecule has 0 saturated heterocycles. The minimum Gasteiger partial charge on any atom is -0.348 e. The molecule has 2 N–H and O–H groups in total. The summed E-state index contributed by atoms with van der Waals surface area (Å²) in [5.74, 6) is -0.402. The molecular weight excluding hydrogens is 338 g/mol. The Morgan fingerprint density at radius 2 is 1.59 bits per heavy atom. The highest BCUT2D eigenvalue weighted by Gasteiger charge is 2.10. The first-order chi connectivity index (χ1) is 13.0. The van der Waals surface area contributed by atoms with Crippen molar-refractivity contribution in [3.05, 3.63) is 94.8 Å². The summed E-state index contributed by atoms with van der Waals surface area (Å²) in [4.78, 5) is 28.6. The number of hydrogen-bond donors (Lipinski definition) is 2. The summed E-state index contributed by atoms with van der Waals surface area (Å²) in [5, 5.41) is 5.71. The number of nitrogens with one attached hydrogen (secondary N) is 2. The Balaban J connectivity index is 1.61. The molecule has 0 atom stereocenters. The number of aryl methyl sites for hydroxylation is 2. The van der Waals surface area contributed by atoms with Gasteiger partial charge in [-0.05, 0) is 73.0 Å². The molecule has 0 aliphatic rings. The summed E-state index contributed by atoms with van der Waals surface area (Å²) in [6.07, 6.45) is 3.40. The van der Waals surface area contributed by atoms with Crippen LogP contribution in [0.2, 0.25) is 0 Å². The van der Waals surface area contributed by atoms with Crippen molar-refractivity contribution in [2.45, 2.75) is 20.4 Å². The number of anilines is 1. The van der Waals surface area contributed by atoms with E-state index in [1.54, 1.807) is 36.7 Å². The molecule has 0 aliphatic carbocycles. The maximum atomic E-state index is 12.4. The zero-order chi connectivity index (χ0) is 19.2. The Hall–Kier alpha value is -3.47. The summed E-state index contributed by atoms with van der Waals surface area (Å²) in [6, 6.07) is 16.1. The molecule has 3 aromatic rings. The molecular formula is C22H21N3O2. The molecule has 5 nitrogen and oxygen atoms in total. The average molecular weight is 359 g/mol. The Morgan fingerprint density at radius 3 is 2.22 bits per heavy atom. The van der Waals surface area contributed by atoms with Gasteiger partial charge in [-0.3, -0.25) is 14.6 Å². The third kappa shape index (κ3) is 4.79. The highest BCUT2D eigenvalue weighted by molar-refractivity contribution is 6.05. The molecule has 0 spiro atoms. The van der Waals surface area contributed by atoms with Crippen LogP contribution in [0.25, 0.3) is 0 Å². The van der Waals surface area contributed by atoms with Gasteiger partial charge in [0.15, 0.2) is 0 Å². The number of carbonyl (C=O) groups excluding carboxylic acids is 2. The van der Waals surface area contributed by atoms with Crippen molar-refractivity contribution < 1.29 is 9.59 Å². The van der Waals surface area contributed by atoms with Crippen LogP contribution < -0.4 is 10.6 Å². The van der Waals surface area contributed by atoms with Crippen LogP contribution in [-0.2, 0) is 6.54 Å². The fourth-order valence-corrected chi connectivity index (χ4v) is 2.58. The second kappa shape index (κ2) is 8.27. The lowest BCUT2D eigenvalue weighted by atomic mass is 10.1. The van der Waals surface area contributed by atoms with E-state index in [0.29, 0.717) is 17.7 Å². The van der Waals surface area contributed by atoms with Crippen molar-refractivity contribution in [1.82, 2.24) is 10.3 Å². The van der Waals surface area contributed by atoms with E-state index in [4.69, 9.17) is 0 Å². The smallest absolute Gasteiger partial charge is 0.255 e. The fraction of sp³-hybridized carbons (Fsp3) is 0.136. The van der Waals surface area contributed by atoms with Crippen LogP contribution in [0, 0.1) is 13.8 Å². The van der Waals surface area contributed by atoms with Gasteiger partial charge in [0.25, 0.3) is 11.8 Å². The SMILES string of the molecule is Cc1ccc(NC(=O)c2ccc(C(=O)NCc3cccnc3)cc2)cc1C. The first-order valence-corrected chi connectivity index (χ1v) is 8.69. The molecule has 1 aromatic heterocycles. The van der Waals surface area contributed by atoms with Crippen molar-refractivity contribution in [2.75, 3.05) is 5.32 Å². The van der Waals surface area contributed by atoms with Crippen LogP contribution in [0.1, 0.15) is 37.4 Å². The molecule has 1 heterocycles. The van der Waals surface area contributed by atoms with E-state index in [2.05, 4.69) is 15.6 Å². The lowest BCUT2D eigenvalue weighted by Gasteiger charge is -2.09. The van der Waals surface area contributed by atoms with E-state index in [1.807, 2.05) is 44.2 Å². The Kier molecular flexibility index (Phi) is 5.61. The predicted octanol–water partition coefficient (Wildman–Crippen LogP) is 3.88. The third-order valence-electron chi connectivity index (χ3n) is 4.35. The van der Waals surface area contributed by atoms with Gasteiger partial charge >= 0.3 is 0 Å². The van der Waals surface area contributed by atoms with E-state index in [0.717, 1.165) is 16.8 Å². The largest absolute Gasteiger partial charge is 0.348 e. The molecule has 0 saturated carbocycles. The Bertz CT molecular complexity index is 951. The lowest BCUT2D eigenvalue weighted by Crippen LogP contribution is -2.23. The Labute approximate surface area is 158 Å². The number of aromatic nitrogens is 1. The topological polar surface area (TPSA) is 71.1 Å². The van der Waals surface area contributed by atoms with Crippen molar-refractivity contribution in [3.8, 4) is 0 Å². The first kappa shape index (κ1) is 18.3. The zero-order valence-corrected chi connectivity index (χ0v) is 15.3. The van der Waals surface area contributed by atoms with Crippen LogP contribution in [0.5, 0.6) is 0 Å². The van der Waals surface area contributed by atoms with E-state index < -0.39 is 0 Å². The van der Waals surface area contributed by atoms with Crippen molar-refractivity contribution >= 4 is 17.5 Å². The van der Waals surface area contributed by atoms with Gasteiger partial charge in [0, 0.05) is 35.8 Å². The second-order valence-corrected chi connectivity index (χ2v) is 6.37.